The van der Waals surface area contributed by atoms with Gasteiger partial charge in [0.15, 0.2) is 5.76 Å². The van der Waals surface area contributed by atoms with Crippen LogP contribution in [0.15, 0.2) is 8.94 Å². The van der Waals surface area contributed by atoms with E-state index in [2.05, 4.69) is 34.5 Å². The van der Waals surface area contributed by atoms with Crippen molar-refractivity contribution in [1.29, 1.82) is 0 Å². The van der Waals surface area contributed by atoms with E-state index in [-0.39, 0.29) is 17.9 Å². The van der Waals surface area contributed by atoms with E-state index in [1.807, 2.05) is 13.8 Å². The number of nitrogens with zero attached hydrogens (tertiary/aromatic N) is 3. The van der Waals surface area contributed by atoms with E-state index in [0.29, 0.717) is 41.1 Å². The first-order valence-corrected chi connectivity index (χ1v) is 7.86. The minimum Gasteiger partial charge on any atom is -0.423 e. The van der Waals surface area contributed by atoms with E-state index in [4.69, 9.17) is 8.94 Å². The molecule has 23 heavy (non-hydrogen) atoms. The second-order valence-electron chi connectivity index (χ2n) is 6.48. The average Bonchev–Trinajstić information content (AvgIpc) is 3.03. The van der Waals surface area contributed by atoms with Crippen LogP contribution in [0.25, 0.3) is 0 Å². The van der Waals surface area contributed by atoms with E-state index >= 15 is 0 Å². The molecule has 1 N–H and O–H groups in total. The van der Waals surface area contributed by atoms with Gasteiger partial charge in [-0.1, -0.05) is 32.9 Å². The van der Waals surface area contributed by atoms with Gasteiger partial charge in [-0.05, 0) is 19.3 Å². The molecule has 0 spiro atoms. The SMILES string of the molecule is Cc1nnc(C(CC(C)C)NC(=O)c2c(C)noc2C(C)C)o1. The molecule has 2 aromatic rings. The second-order valence-corrected chi connectivity index (χ2v) is 6.48. The summed E-state index contributed by atoms with van der Waals surface area (Å²) < 4.78 is 10.8. The summed E-state index contributed by atoms with van der Waals surface area (Å²) in [5, 5.41) is 14.8. The van der Waals surface area contributed by atoms with Gasteiger partial charge in [-0.25, -0.2) is 0 Å². The fourth-order valence-corrected chi connectivity index (χ4v) is 2.43. The smallest absolute Gasteiger partial charge is 0.257 e. The summed E-state index contributed by atoms with van der Waals surface area (Å²) in [7, 11) is 0. The molecule has 0 bridgehead atoms. The molecule has 2 rings (SSSR count). The molecule has 0 aliphatic rings. The maximum Gasteiger partial charge on any atom is 0.257 e. The lowest BCUT2D eigenvalue weighted by Crippen LogP contribution is -2.30. The van der Waals surface area contributed by atoms with Crippen molar-refractivity contribution in [2.45, 2.75) is 59.9 Å². The summed E-state index contributed by atoms with van der Waals surface area (Å²) in [5.41, 5.74) is 1.07. The highest BCUT2D eigenvalue weighted by molar-refractivity contribution is 5.96. The van der Waals surface area contributed by atoms with Gasteiger partial charge >= 0.3 is 0 Å². The highest BCUT2D eigenvalue weighted by atomic mass is 16.5. The van der Waals surface area contributed by atoms with Crippen molar-refractivity contribution in [1.82, 2.24) is 20.7 Å². The van der Waals surface area contributed by atoms with Crippen molar-refractivity contribution in [2.75, 3.05) is 0 Å². The number of amides is 1. The molecule has 0 radical (unpaired) electrons. The predicted octanol–water partition coefficient (Wildman–Crippen LogP) is 3.32. The number of carbonyl (C=O) groups is 1. The number of hydrogen-bond donors (Lipinski definition) is 1. The lowest BCUT2D eigenvalue weighted by molar-refractivity contribution is 0.0921. The van der Waals surface area contributed by atoms with Gasteiger partial charge in [-0.2, -0.15) is 0 Å². The van der Waals surface area contributed by atoms with E-state index < -0.39 is 0 Å². The molecule has 1 unspecified atom stereocenters. The largest absolute Gasteiger partial charge is 0.423 e. The minimum absolute atomic E-state index is 0.0751. The standard InChI is InChI=1S/C16H24N4O3/c1-8(2)7-12(16-19-18-11(6)22-16)17-15(21)13-10(5)20-23-14(13)9(3)4/h8-9,12H,7H2,1-6H3,(H,17,21). The van der Waals surface area contributed by atoms with Crippen LogP contribution in [-0.2, 0) is 0 Å². The van der Waals surface area contributed by atoms with Gasteiger partial charge in [-0.15, -0.1) is 10.2 Å². The van der Waals surface area contributed by atoms with Crippen LogP contribution in [0.1, 0.15) is 79.7 Å². The Morgan fingerprint density at radius 2 is 1.87 bits per heavy atom. The maximum atomic E-state index is 12.7. The number of nitrogens with one attached hydrogen (secondary N) is 1. The van der Waals surface area contributed by atoms with Gasteiger partial charge in [0.05, 0.1) is 5.69 Å². The zero-order valence-electron chi connectivity index (χ0n) is 14.5. The van der Waals surface area contributed by atoms with Crippen LogP contribution in [0, 0.1) is 19.8 Å². The summed E-state index contributed by atoms with van der Waals surface area (Å²) in [4.78, 5) is 12.7. The first-order chi connectivity index (χ1) is 10.8. The number of aryl methyl sites for hydroxylation is 2. The molecule has 1 atom stereocenters. The lowest BCUT2D eigenvalue weighted by atomic mass is 10.0. The Balaban J connectivity index is 2.26. The van der Waals surface area contributed by atoms with Gasteiger partial charge in [-0.3, -0.25) is 4.79 Å². The van der Waals surface area contributed by atoms with Crippen molar-refractivity contribution >= 4 is 5.91 Å². The topological polar surface area (TPSA) is 94.1 Å². The molecule has 2 aromatic heterocycles. The minimum atomic E-state index is -0.335. The Labute approximate surface area is 135 Å². The van der Waals surface area contributed by atoms with Gasteiger partial charge in [0.2, 0.25) is 11.8 Å². The number of hydrogen-bond acceptors (Lipinski definition) is 6. The number of rotatable bonds is 6. The quantitative estimate of drug-likeness (QED) is 0.877. The van der Waals surface area contributed by atoms with Gasteiger partial charge < -0.3 is 14.3 Å². The fourth-order valence-electron chi connectivity index (χ4n) is 2.43. The molecular weight excluding hydrogens is 296 g/mol. The van der Waals surface area contributed by atoms with Gasteiger partial charge in [0, 0.05) is 12.8 Å². The van der Waals surface area contributed by atoms with Crippen molar-refractivity contribution in [2.24, 2.45) is 5.92 Å². The van der Waals surface area contributed by atoms with Crippen LogP contribution < -0.4 is 5.32 Å². The number of aromatic nitrogens is 3. The van der Waals surface area contributed by atoms with E-state index in [1.165, 1.54) is 0 Å². The Bertz CT molecular complexity index is 673. The maximum absolute atomic E-state index is 12.7. The summed E-state index contributed by atoms with van der Waals surface area (Å²) >= 11 is 0. The van der Waals surface area contributed by atoms with Crippen molar-refractivity contribution in [3.63, 3.8) is 0 Å². The molecular formula is C16H24N4O3. The zero-order chi connectivity index (χ0) is 17.1. The molecule has 0 aliphatic carbocycles. The third-order valence-corrected chi connectivity index (χ3v) is 3.49. The zero-order valence-corrected chi connectivity index (χ0v) is 14.5. The van der Waals surface area contributed by atoms with E-state index in [1.54, 1.807) is 13.8 Å². The van der Waals surface area contributed by atoms with Crippen LogP contribution in [0.2, 0.25) is 0 Å². The molecule has 0 aliphatic heterocycles. The first kappa shape index (κ1) is 17.2. The first-order valence-electron chi connectivity index (χ1n) is 7.86. The summed E-state index contributed by atoms with van der Waals surface area (Å²) in [6.07, 6.45) is 0.703. The van der Waals surface area contributed by atoms with Gasteiger partial charge in [0.25, 0.3) is 5.91 Å². The lowest BCUT2D eigenvalue weighted by Gasteiger charge is -2.17. The summed E-state index contributed by atoms with van der Waals surface area (Å²) in [6, 6.07) is -0.335. The van der Waals surface area contributed by atoms with E-state index in [0.717, 1.165) is 0 Å². The molecule has 1 amide bonds. The molecule has 0 saturated carbocycles. The van der Waals surface area contributed by atoms with Crippen LogP contribution in [0.3, 0.4) is 0 Å². The second kappa shape index (κ2) is 6.93. The fraction of sp³-hybridized carbons (Fsp3) is 0.625. The molecule has 7 nitrogen and oxygen atoms in total. The van der Waals surface area contributed by atoms with Crippen LogP contribution in [0.5, 0.6) is 0 Å². The molecule has 0 aromatic carbocycles. The third kappa shape index (κ3) is 3.97. The Morgan fingerprint density at radius 3 is 2.39 bits per heavy atom. The summed E-state index contributed by atoms with van der Waals surface area (Å²) in [6.45, 7) is 11.6. The normalized spacial score (nSPS) is 12.9. The van der Waals surface area contributed by atoms with Crippen molar-refractivity contribution in [3.8, 4) is 0 Å². The highest BCUT2D eigenvalue weighted by Crippen LogP contribution is 2.25. The Hall–Kier alpha value is -2.18. The van der Waals surface area contributed by atoms with Gasteiger partial charge in [0.1, 0.15) is 11.6 Å². The van der Waals surface area contributed by atoms with E-state index in [9.17, 15) is 4.79 Å². The Morgan fingerprint density at radius 1 is 1.17 bits per heavy atom. The summed E-state index contributed by atoms with van der Waals surface area (Å²) in [5.74, 6) is 1.70. The van der Waals surface area contributed by atoms with Crippen LogP contribution >= 0.6 is 0 Å². The molecule has 126 valence electrons. The van der Waals surface area contributed by atoms with Crippen LogP contribution in [0.4, 0.5) is 0 Å². The third-order valence-electron chi connectivity index (χ3n) is 3.49. The number of carbonyl (C=O) groups excluding carboxylic acids is 1. The average molecular weight is 320 g/mol. The molecule has 7 heteroatoms. The predicted molar refractivity (Wildman–Crippen MR) is 84.0 cm³/mol. The molecule has 2 heterocycles. The highest BCUT2D eigenvalue weighted by Gasteiger charge is 2.27. The van der Waals surface area contributed by atoms with Crippen molar-refractivity contribution < 1.29 is 13.7 Å². The Kier molecular flexibility index (Phi) is 5.18. The molecule has 0 fully saturated rings. The van der Waals surface area contributed by atoms with Crippen LogP contribution in [-0.4, -0.2) is 21.3 Å². The molecule has 0 saturated heterocycles. The van der Waals surface area contributed by atoms with Crippen molar-refractivity contribution in [3.05, 3.63) is 28.8 Å². The monoisotopic (exact) mass is 320 g/mol.